The molecule has 4 aromatic rings. The van der Waals surface area contributed by atoms with E-state index in [4.69, 9.17) is 10.7 Å². The van der Waals surface area contributed by atoms with E-state index in [1.807, 2.05) is 18.3 Å². The minimum Gasteiger partial charge on any atom is -0.345 e. The maximum atomic E-state index is 14.8. The van der Waals surface area contributed by atoms with Crippen LogP contribution in [0.4, 0.5) is 4.39 Å². The van der Waals surface area contributed by atoms with Gasteiger partial charge in [-0.25, -0.2) is 4.39 Å². The molecule has 1 saturated heterocycles. The molecule has 0 saturated carbocycles. The lowest BCUT2D eigenvalue weighted by Crippen LogP contribution is -2.26. The summed E-state index contributed by atoms with van der Waals surface area (Å²) in [5.41, 5.74) is 14.7. The van der Waals surface area contributed by atoms with Crippen LogP contribution in [-0.2, 0) is 26.4 Å². The fraction of sp³-hybridized carbons (Fsp3) is 0.310. The number of aryl methyl sites for hydroxylation is 3. The summed E-state index contributed by atoms with van der Waals surface area (Å²) in [5.74, 6) is -0.510. The molecule has 35 heavy (non-hydrogen) atoms. The second-order valence-corrected chi connectivity index (χ2v) is 9.90. The van der Waals surface area contributed by atoms with Crippen molar-refractivity contribution in [2.75, 3.05) is 13.1 Å². The largest absolute Gasteiger partial charge is 0.345 e. The number of nitrogens with two attached hydrogens (primary N) is 1. The second kappa shape index (κ2) is 8.60. The number of pyridine rings is 1. The molecule has 1 aliphatic heterocycles. The Morgan fingerprint density at radius 2 is 1.94 bits per heavy atom. The molecule has 1 aliphatic carbocycles. The molecular formula is C29H28FN5. The second-order valence-electron chi connectivity index (χ2n) is 9.90. The van der Waals surface area contributed by atoms with Crippen LogP contribution in [0.2, 0.25) is 0 Å². The van der Waals surface area contributed by atoms with Gasteiger partial charge < -0.3 is 10.3 Å². The molecule has 6 heteroatoms. The Kier molecular flexibility index (Phi) is 5.40. The molecule has 6 rings (SSSR count). The zero-order chi connectivity index (χ0) is 24.1. The quantitative estimate of drug-likeness (QED) is 0.463. The first-order chi connectivity index (χ1) is 17.0. The van der Waals surface area contributed by atoms with Gasteiger partial charge in [0.1, 0.15) is 11.9 Å². The molecule has 2 aliphatic rings. The van der Waals surface area contributed by atoms with Gasteiger partial charge in [0.25, 0.3) is 0 Å². The number of hydrogen-bond donors (Lipinski definition) is 1. The first kappa shape index (κ1) is 22.0. The predicted octanol–water partition coefficient (Wildman–Crippen LogP) is 4.94. The van der Waals surface area contributed by atoms with Crippen LogP contribution in [0.3, 0.4) is 0 Å². The van der Waals surface area contributed by atoms with Crippen LogP contribution >= 0.6 is 0 Å². The summed E-state index contributed by atoms with van der Waals surface area (Å²) in [4.78, 5) is 7.31. The normalized spacial score (nSPS) is 17.7. The summed E-state index contributed by atoms with van der Waals surface area (Å²) in [6.45, 7) is 2.71. The van der Waals surface area contributed by atoms with Gasteiger partial charge in [-0.05, 0) is 66.6 Å². The smallest absolute Gasteiger partial charge is 0.141 e. The molecule has 0 radical (unpaired) electrons. The van der Waals surface area contributed by atoms with Gasteiger partial charge in [0.15, 0.2) is 0 Å². The van der Waals surface area contributed by atoms with Crippen LogP contribution in [0, 0.1) is 17.1 Å². The summed E-state index contributed by atoms with van der Waals surface area (Å²) < 4.78 is 17.0. The van der Waals surface area contributed by atoms with Gasteiger partial charge in [-0.15, -0.1) is 0 Å². The van der Waals surface area contributed by atoms with Crippen molar-refractivity contribution in [2.24, 2.45) is 12.8 Å². The molecule has 2 N–H and O–H groups in total. The van der Waals surface area contributed by atoms with E-state index in [-0.39, 0.29) is 11.6 Å². The van der Waals surface area contributed by atoms with Gasteiger partial charge in [0.05, 0.1) is 23.0 Å². The number of nitrogens with zero attached hydrogens (tertiary/aromatic N) is 4. The summed E-state index contributed by atoms with van der Waals surface area (Å²) in [5, 5.41) is 10.3. The van der Waals surface area contributed by atoms with Crippen LogP contribution in [0.5, 0.6) is 0 Å². The van der Waals surface area contributed by atoms with Crippen LogP contribution in [-0.4, -0.2) is 33.6 Å². The lowest BCUT2D eigenvalue weighted by atomic mass is 9.94. The summed E-state index contributed by atoms with van der Waals surface area (Å²) in [7, 11) is 2.06. The van der Waals surface area contributed by atoms with Gasteiger partial charge >= 0.3 is 0 Å². The molecule has 0 amide bonds. The van der Waals surface area contributed by atoms with Gasteiger partial charge in [0, 0.05) is 54.9 Å². The molecule has 176 valence electrons. The van der Waals surface area contributed by atoms with Gasteiger partial charge in [0.2, 0.25) is 0 Å². The molecule has 1 atom stereocenters. The van der Waals surface area contributed by atoms with Gasteiger partial charge in [-0.3, -0.25) is 9.88 Å². The highest BCUT2D eigenvalue weighted by Crippen LogP contribution is 2.39. The van der Waals surface area contributed by atoms with Crippen LogP contribution in [0.1, 0.15) is 35.2 Å². The van der Waals surface area contributed by atoms with Crippen LogP contribution in [0.25, 0.3) is 33.3 Å². The average Bonchev–Trinajstić information content (AvgIpc) is 3.57. The highest BCUT2D eigenvalue weighted by molar-refractivity contribution is 6.02. The Morgan fingerprint density at radius 3 is 2.71 bits per heavy atom. The minimum absolute atomic E-state index is 0.0482. The molecule has 2 aromatic heterocycles. The Labute approximate surface area is 204 Å². The van der Waals surface area contributed by atoms with E-state index in [0.717, 1.165) is 72.2 Å². The first-order valence-corrected chi connectivity index (χ1v) is 12.3. The standard InChI is InChI=1S/C29H28FN5/c1-34-24(17-35-10-9-23(32)16-35)13-25-27(34)15-33-29(21-7-5-18-3-2-4-19(18)11-21)28(25)20-6-8-22(14-31)26(30)12-20/h5-8,11-13,15,23H,2-4,9-10,16-17,32H2,1H3/t23-/m0/s1. The molecule has 5 nitrogen and oxygen atoms in total. The van der Waals surface area contributed by atoms with E-state index in [2.05, 4.69) is 40.8 Å². The van der Waals surface area contributed by atoms with Crippen LogP contribution < -0.4 is 5.73 Å². The summed E-state index contributed by atoms with van der Waals surface area (Å²) in [6, 6.07) is 15.8. The van der Waals surface area contributed by atoms with E-state index in [0.29, 0.717) is 0 Å². The fourth-order valence-corrected chi connectivity index (χ4v) is 5.73. The van der Waals surface area contributed by atoms with Crippen molar-refractivity contribution in [3.8, 4) is 28.5 Å². The molecule has 3 heterocycles. The van der Waals surface area contributed by atoms with Crippen molar-refractivity contribution < 1.29 is 4.39 Å². The Hall–Kier alpha value is -3.53. The van der Waals surface area contributed by atoms with E-state index in [1.54, 1.807) is 6.07 Å². The van der Waals surface area contributed by atoms with E-state index >= 15 is 0 Å². The topological polar surface area (TPSA) is 70.9 Å². The fourth-order valence-electron chi connectivity index (χ4n) is 5.73. The number of nitriles is 1. The number of likely N-dealkylation sites (tertiary alicyclic amines) is 1. The molecule has 2 aromatic carbocycles. The maximum Gasteiger partial charge on any atom is 0.141 e. The number of aromatic nitrogens is 2. The summed E-state index contributed by atoms with van der Waals surface area (Å²) in [6.07, 6.45) is 6.34. The lowest BCUT2D eigenvalue weighted by molar-refractivity contribution is 0.319. The van der Waals surface area contributed by atoms with Crippen molar-refractivity contribution in [3.63, 3.8) is 0 Å². The van der Waals surface area contributed by atoms with Crippen molar-refractivity contribution in [3.05, 3.63) is 76.9 Å². The maximum absolute atomic E-state index is 14.8. The molecule has 0 bridgehead atoms. The zero-order valence-electron chi connectivity index (χ0n) is 19.9. The van der Waals surface area contributed by atoms with Crippen molar-refractivity contribution >= 4 is 10.9 Å². The Morgan fingerprint density at radius 1 is 1.11 bits per heavy atom. The molecular weight excluding hydrogens is 437 g/mol. The third-order valence-electron chi connectivity index (χ3n) is 7.65. The number of halogens is 1. The van der Waals surface area contributed by atoms with E-state index in [1.165, 1.54) is 29.3 Å². The lowest BCUT2D eigenvalue weighted by Gasteiger charge is -2.15. The van der Waals surface area contributed by atoms with E-state index < -0.39 is 5.82 Å². The molecule has 0 unspecified atom stereocenters. The average molecular weight is 466 g/mol. The Balaban J connectivity index is 1.55. The van der Waals surface area contributed by atoms with Crippen molar-refractivity contribution in [1.29, 1.82) is 5.26 Å². The van der Waals surface area contributed by atoms with Crippen molar-refractivity contribution in [1.82, 2.24) is 14.5 Å². The third kappa shape index (κ3) is 3.81. The minimum atomic E-state index is -0.510. The predicted molar refractivity (Wildman–Crippen MR) is 136 cm³/mol. The zero-order valence-corrected chi connectivity index (χ0v) is 19.9. The highest BCUT2D eigenvalue weighted by atomic mass is 19.1. The summed E-state index contributed by atoms with van der Waals surface area (Å²) >= 11 is 0. The SMILES string of the molecule is Cn1c(CN2CC[C@H](N)C2)cc2c(-c3ccc(C#N)c(F)c3)c(-c3ccc4c(c3)CCC4)ncc21. The van der Waals surface area contributed by atoms with Gasteiger partial charge in [-0.2, -0.15) is 5.26 Å². The third-order valence-corrected chi connectivity index (χ3v) is 7.65. The highest BCUT2D eigenvalue weighted by Gasteiger charge is 2.23. The van der Waals surface area contributed by atoms with E-state index in [9.17, 15) is 9.65 Å². The molecule has 1 fully saturated rings. The monoisotopic (exact) mass is 465 g/mol. The number of rotatable bonds is 4. The number of hydrogen-bond acceptors (Lipinski definition) is 4. The first-order valence-electron chi connectivity index (χ1n) is 12.3. The van der Waals surface area contributed by atoms with Crippen LogP contribution in [0.15, 0.2) is 48.7 Å². The number of fused-ring (bicyclic) bond motifs is 2. The molecule has 0 spiro atoms. The Bertz CT molecular complexity index is 1500. The van der Waals surface area contributed by atoms with Crippen molar-refractivity contribution in [2.45, 2.75) is 38.3 Å². The number of benzene rings is 2. The van der Waals surface area contributed by atoms with Gasteiger partial charge in [-0.1, -0.05) is 18.2 Å².